The highest BCUT2D eigenvalue weighted by molar-refractivity contribution is 6.21. The van der Waals surface area contributed by atoms with E-state index in [0.29, 0.717) is 11.1 Å². The number of rotatable bonds is 1. The standard InChI is InChI=1S/C11H11NO2.2C2H6/c1-3-7-4-5-8-9(6-7)11(14)12(2)10(8)13;2*1-2/h4-6H,3H2,1-2H3;2*1-2H3. The molecule has 2 amide bonds. The van der Waals surface area contributed by atoms with E-state index < -0.39 is 0 Å². The zero-order valence-electron chi connectivity index (χ0n) is 12.2. The van der Waals surface area contributed by atoms with Crippen molar-refractivity contribution < 1.29 is 9.59 Å². The summed E-state index contributed by atoms with van der Waals surface area (Å²) in [6.07, 6.45) is 0.873. The third kappa shape index (κ3) is 2.97. The molecule has 0 aromatic heterocycles. The van der Waals surface area contributed by atoms with E-state index in [4.69, 9.17) is 0 Å². The number of amides is 2. The molecule has 100 valence electrons. The first kappa shape index (κ1) is 16.4. The molecule has 3 nitrogen and oxygen atoms in total. The zero-order valence-corrected chi connectivity index (χ0v) is 12.2. The summed E-state index contributed by atoms with van der Waals surface area (Å²) >= 11 is 0. The lowest BCUT2D eigenvalue weighted by Gasteiger charge is -2.02. The predicted octanol–water partition coefficient (Wildman–Crippen LogP) is 3.53. The van der Waals surface area contributed by atoms with Crippen LogP contribution < -0.4 is 0 Å². The molecule has 18 heavy (non-hydrogen) atoms. The molecule has 0 bridgehead atoms. The molecule has 0 aliphatic carbocycles. The lowest BCUT2D eigenvalue weighted by atomic mass is 10.0. The Morgan fingerprint density at radius 1 is 0.944 bits per heavy atom. The van der Waals surface area contributed by atoms with E-state index in [0.717, 1.165) is 16.9 Å². The molecule has 0 N–H and O–H groups in total. The van der Waals surface area contributed by atoms with Gasteiger partial charge in [0.15, 0.2) is 0 Å². The molecule has 1 aliphatic rings. The Bertz CT molecular complexity index is 425. The lowest BCUT2D eigenvalue weighted by Crippen LogP contribution is -2.24. The molecule has 1 aromatic carbocycles. The molecular weight excluding hydrogens is 226 g/mol. The van der Waals surface area contributed by atoms with E-state index in [2.05, 4.69) is 0 Å². The summed E-state index contributed by atoms with van der Waals surface area (Å²) in [6.45, 7) is 10.0. The fourth-order valence-electron chi connectivity index (χ4n) is 1.63. The summed E-state index contributed by atoms with van der Waals surface area (Å²) in [5.74, 6) is -0.395. The summed E-state index contributed by atoms with van der Waals surface area (Å²) in [6, 6.07) is 5.43. The summed E-state index contributed by atoms with van der Waals surface area (Å²) < 4.78 is 0. The molecule has 0 fully saturated rings. The first-order chi connectivity index (χ1) is 8.65. The van der Waals surface area contributed by atoms with Crippen LogP contribution in [-0.2, 0) is 6.42 Å². The number of imide groups is 1. The third-order valence-electron chi connectivity index (χ3n) is 2.56. The Kier molecular flexibility index (Phi) is 6.94. The molecule has 1 aliphatic heterocycles. The highest BCUT2D eigenvalue weighted by Crippen LogP contribution is 2.22. The van der Waals surface area contributed by atoms with Gasteiger partial charge in [-0.05, 0) is 24.1 Å². The fraction of sp³-hybridized carbons (Fsp3) is 0.467. The van der Waals surface area contributed by atoms with Crippen LogP contribution in [0.5, 0.6) is 0 Å². The van der Waals surface area contributed by atoms with E-state index in [1.165, 1.54) is 7.05 Å². The van der Waals surface area contributed by atoms with Gasteiger partial charge in [0.25, 0.3) is 11.8 Å². The van der Waals surface area contributed by atoms with Gasteiger partial charge in [-0.2, -0.15) is 0 Å². The molecule has 3 heteroatoms. The van der Waals surface area contributed by atoms with Gasteiger partial charge >= 0.3 is 0 Å². The van der Waals surface area contributed by atoms with Gasteiger partial charge in [0.2, 0.25) is 0 Å². The molecule has 1 heterocycles. The van der Waals surface area contributed by atoms with Gasteiger partial charge in [-0.25, -0.2) is 0 Å². The Labute approximate surface area is 110 Å². The minimum absolute atomic E-state index is 0.194. The number of carbonyl (C=O) groups is 2. The average Bonchev–Trinajstić information content (AvgIpc) is 2.68. The molecule has 0 saturated carbocycles. The van der Waals surface area contributed by atoms with Crippen molar-refractivity contribution in [2.24, 2.45) is 0 Å². The van der Waals surface area contributed by atoms with Gasteiger partial charge in [-0.1, -0.05) is 40.7 Å². The van der Waals surface area contributed by atoms with Crippen molar-refractivity contribution in [2.75, 3.05) is 7.05 Å². The molecule has 2 rings (SSSR count). The smallest absolute Gasteiger partial charge is 0.261 e. The van der Waals surface area contributed by atoms with Crippen LogP contribution in [0, 0.1) is 0 Å². The number of fused-ring (bicyclic) bond motifs is 1. The number of nitrogens with zero attached hydrogens (tertiary/aromatic N) is 1. The van der Waals surface area contributed by atoms with Crippen LogP contribution in [0.4, 0.5) is 0 Å². The first-order valence-electron chi connectivity index (χ1n) is 6.60. The predicted molar refractivity (Wildman–Crippen MR) is 74.9 cm³/mol. The first-order valence-corrected chi connectivity index (χ1v) is 6.60. The van der Waals surface area contributed by atoms with Crippen LogP contribution in [0.1, 0.15) is 60.9 Å². The number of hydrogen-bond donors (Lipinski definition) is 0. The van der Waals surface area contributed by atoms with E-state index >= 15 is 0 Å². The van der Waals surface area contributed by atoms with Crippen LogP contribution >= 0.6 is 0 Å². The maximum absolute atomic E-state index is 11.6. The highest BCUT2D eigenvalue weighted by Gasteiger charge is 2.32. The van der Waals surface area contributed by atoms with Crippen LogP contribution in [0.3, 0.4) is 0 Å². The molecule has 1 aromatic rings. The van der Waals surface area contributed by atoms with Gasteiger partial charge in [-0.3, -0.25) is 14.5 Å². The number of hydrogen-bond acceptors (Lipinski definition) is 2. The van der Waals surface area contributed by atoms with Crippen LogP contribution in [0.2, 0.25) is 0 Å². The van der Waals surface area contributed by atoms with E-state index in [-0.39, 0.29) is 11.8 Å². The Hall–Kier alpha value is -1.64. The number of benzene rings is 1. The maximum atomic E-state index is 11.6. The maximum Gasteiger partial charge on any atom is 0.261 e. The van der Waals surface area contributed by atoms with Crippen LogP contribution in [-0.4, -0.2) is 23.8 Å². The fourth-order valence-corrected chi connectivity index (χ4v) is 1.63. The van der Waals surface area contributed by atoms with Crippen molar-refractivity contribution in [3.05, 3.63) is 34.9 Å². The highest BCUT2D eigenvalue weighted by atomic mass is 16.2. The summed E-state index contributed by atoms with van der Waals surface area (Å²) in [5, 5.41) is 0. The largest absolute Gasteiger partial charge is 0.277 e. The molecule has 0 spiro atoms. The average molecular weight is 249 g/mol. The van der Waals surface area contributed by atoms with E-state index in [1.54, 1.807) is 12.1 Å². The summed E-state index contributed by atoms with van der Waals surface area (Å²) in [7, 11) is 1.51. The SMILES string of the molecule is CC.CC.CCc1ccc2c(c1)C(=O)N(C)C2=O. The molecule has 0 radical (unpaired) electrons. The van der Waals surface area contributed by atoms with Gasteiger partial charge in [0, 0.05) is 7.05 Å². The van der Waals surface area contributed by atoms with Gasteiger partial charge in [-0.15, -0.1) is 0 Å². The Morgan fingerprint density at radius 3 is 1.94 bits per heavy atom. The van der Waals surface area contributed by atoms with Crippen molar-refractivity contribution in [2.45, 2.75) is 41.0 Å². The molecule has 0 unspecified atom stereocenters. The molecule has 0 atom stereocenters. The van der Waals surface area contributed by atoms with Crippen LogP contribution in [0.15, 0.2) is 18.2 Å². The third-order valence-corrected chi connectivity index (χ3v) is 2.56. The minimum atomic E-state index is -0.201. The van der Waals surface area contributed by atoms with Crippen LogP contribution in [0.25, 0.3) is 0 Å². The van der Waals surface area contributed by atoms with E-state index in [1.807, 2.05) is 40.7 Å². The van der Waals surface area contributed by atoms with Crippen molar-refractivity contribution in [3.63, 3.8) is 0 Å². The monoisotopic (exact) mass is 249 g/mol. The number of aryl methyl sites for hydroxylation is 1. The summed E-state index contributed by atoms with van der Waals surface area (Å²) in [4.78, 5) is 24.2. The van der Waals surface area contributed by atoms with Gasteiger partial charge < -0.3 is 0 Å². The normalized spacial score (nSPS) is 12.2. The van der Waals surface area contributed by atoms with Gasteiger partial charge in [0.05, 0.1) is 11.1 Å². The van der Waals surface area contributed by atoms with E-state index in [9.17, 15) is 9.59 Å². The zero-order chi connectivity index (χ0) is 14.3. The van der Waals surface area contributed by atoms with Gasteiger partial charge in [0.1, 0.15) is 0 Å². The van der Waals surface area contributed by atoms with Crippen molar-refractivity contribution in [1.29, 1.82) is 0 Å². The van der Waals surface area contributed by atoms with Crippen molar-refractivity contribution in [3.8, 4) is 0 Å². The topological polar surface area (TPSA) is 37.4 Å². The van der Waals surface area contributed by atoms with Crippen molar-refractivity contribution in [1.82, 2.24) is 4.90 Å². The van der Waals surface area contributed by atoms with Crippen molar-refractivity contribution >= 4 is 11.8 Å². The second kappa shape index (κ2) is 7.64. The summed E-state index contributed by atoms with van der Waals surface area (Å²) in [5.41, 5.74) is 2.15. The second-order valence-electron chi connectivity index (χ2n) is 3.40. The Balaban J connectivity index is 0.000000659. The lowest BCUT2D eigenvalue weighted by molar-refractivity contribution is 0.0693. The quantitative estimate of drug-likeness (QED) is 0.714. The minimum Gasteiger partial charge on any atom is -0.277 e. The second-order valence-corrected chi connectivity index (χ2v) is 3.40. The number of carbonyl (C=O) groups excluding carboxylic acids is 2. The molecule has 0 saturated heterocycles. The Morgan fingerprint density at radius 2 is 1.44 bits per heavy atom. The molecular formula is C15H23NO2.